The molecule has 2 nitrogen and oxygen atoms in total. The lowest BCUT2D eigenvalue weighted by Crippen LogP contribution is -2.06. The van der Waals surface area contributed by atoms with Gasteiger partial charge in [-0.3, -0.25) is 0 Å². The van der Waals surface area contributed by atoms with E-state index in [2.05, 4.69) is 29.5 Å². The number of hydrogen-bond donors (Lipinski definition) is 0. The average Bonchev–Trinajstić information content (AvgIpc) is 2.56. The Bertz CT molecular complexity index is 460. The van der Waals surface area contributed by atoms with Gasteiger partial charge in [0.25, 0.3) is 0 Å². The van der Waals surface area contributed by atoms with Crippen LogP contribution in [0.1, 0.15) is 25.7 Å². The van der Waals surface area contributed by atoms with Crippen molar-refractivity contribution < 1.29 is 0 Å². The number of rotatable bonds is 3. The van der Waals surface area contributed by atoms with Gasteiger partial charge in [0.05, 0.1) is 11.0 Å². The molecule has 15 heavy (non-hydrogen) atoms. The van der Waals surface area contributed by atoms with E-state index in [-0.39, 0.29) is 0 Å². The zero-order valence-corrected chi connectivity index (χ0v) is 9.83. The summed E-state index contributed by atoms with van der Waals surface area (Å²) in [6, 6.07) is 8.65. The summed E-state index contributed by atoms with van der Waals surface area (Å²) < 4.78 is 2.26. The molecule has 0 aliphatic carbocycles. The molecule has 0 bridgehead atoms. The minimum Gasteiger partial charge on any atom is -0.325 e. The van der Waals surface area contributed by atoms with Gasteiger partial charge in [-0.25, -0.2) is 4.98 Å². The molecule has 0 atom stereocenters. The highest BCUT2D eigenvalue weighted by Crippen LogP contribution is 2.21. The van der Waals surface area contributed by atoms with Crippen molar-refractivity contribution >= 4 is 22.6 Å². The van der Waals surface area contributed by atoms with Crippen LogP contribution in [0, 0.1) is 0 Å². The van der Waals surface area contributed by atoms with E-state index >= 15 is 0 Å². The zero-order valence-electron chi connectivity index (χ0n) is 9.07. The number of nitrogens with zero attached hydrogens (tertiary/aromatic N) is 2. The maximum atomic E-state index is 5.79. The van der Waals surface area contributed by atoms with Crippen LogP contribution in [0.2, 0.25) is 0 Å². The molecule has 0 saturated carbocycles. The fourth-order valence-electron chi connectivity index (χ4n) is 1.93. The van der Waals surface area contributed by atoms with Crippen LogP contribution in [0.5, 0.6) is 0 Å². The molecule has 1 aromatic heterocycles. The van der Waals surface area contributed by atoms with E-state index in [1.807, 2.05) is 18.2 Å². The molecule has 1 aromatic carbocycles. The van der Waals surface area contributed by atoms with Crippen molar-refractivity contribution in [3.05, 3.63) is 30.1 Å². The Kier molecular flexibility index (Phi) is 2.96. The molecule has 80 valence electrons. The zero-order chi connectivity index (χ0) is 10.8. The molecule has 2 rings (SSSR count). The Balaban J connectivity index is 2.63. The van der Waals surface area contributed by atoms with Crippen molar-refractivity contribution in [2.45, 2.75) is 26.3 Å². The van der Waals surface area contributed by atoms with Crippen molar-refractivity contribution in [1.82, 2.24) is 9.55 Å². The van der Waals surface area contributed by atoms with Crippen LogP contribution in [0.15, 0.2) is 24.3 Å². The van der Waals surface area contributed by atoms with Gasteiger partial charge in [-0.1, -0.05) is 12.1 Å². The number of benzene rings is 1. The Morgan fingerprint density at radius 1 is 1.33 bits per heavy atom. The van der Waals surface area contributed by atoms with E-state index in [9.17, 15) is 0 Å². The molecular formula is C12H15ClN2. The molecule has 0 aliphatic heterocycles. The number of alkyl halides is 1. The Morgan fingerprint density at radius 2 is 2.07 bits per heavy atom. The summed E-state index contributed by atoms with van der Waals surface area (Å²) in [5, 5.41) is 0. The first-order valence-electron chi connectivity index (χ1n) is 5.26. The number of para-hydroxylation sites is 2. The van der Waals surface area contributed by atoms with E-state index in [1.54, 1.807) is 0 Å². The maximum absolute atomic E-state index is 5.79. The molecule has 1 heterocycles. The number of aromatic nitrogens is 2. The predicted molar refractivity (Wildman–Crippen MR) is 64.5 cm³/mol. The molecule has 0 aliphatic rings. The second-order valence-electron chi connectivity index (χ2n) is 3.92. The summed E-state index contributed by atoms with van der Waals surface area (Å²) in [7, 11) is 0. The van der Waals surface area contributed by atoms with Crippen molar-refractivity contribution in [2.24, 2.45) is 0 Å². The van der Waals surface area contributed by atoms with Crippen LogP contribution in [0.25, 0.3) is 11.0 Å². The van der Waals surface area contributed by atoms with Crippen LogP contribution < -0.4 is 0 Å². The molecule has 3 heteroatoms. The lowest BCUT2D eigenvalue weighted by molar-refractivity contribution is 0.589. The highest BCUT2D eigenvalue weighted by Gasteiger charge is 2.11. The normalized spacial score (nSPS) is 11.5. The number of imidazole rings is 1. The van der Waals surface area contributed by atoms with Gasteiger partial charge >= 0.3 is 0 Å². The minimum absolute atomic E-state index is 0.426. The number of fused-ring (bicyclic) bond motifs is 1. The first-order chi connectivity index (χ1) is 7.24. The van der Waals surface area contributed by atoms with Crippen LogP contribution in [0.3, 0.4) is 0 Å². The molecule has 0 unspecified atom stereocenters. The monoisotopic (exact) mass is 222 g/mol. The van der Waals surface area contributed by atoms with Crippen LogP contribution >= 0.6 is 11.6 Å². The molecule has 0 spiro atoms. The van der Waals surface area contributed by atoms with Gasteiger partial charge in [-0.05, 0) is 26.0 Å². The SMILES string of the molecule is CC(C)n1c(CCCl)nc2ccccc21. The smallest absolute Gasteiger partial charge is 0.111 e. The van der Waals surface area contributed by atoms with Crippen molar-refractivity contribution in [3.8, 4) is 0 Å². The van der Waals surface area contributed by atoms with Gasteiger partial charge in [0.15, 0.2) is 0 Å². The van der Waals surface area contributed by atoms with Crippen LogP contribution in [-0.4, -0.2) is 15.4 Å². The average molecular weight is 223 g/mol. The van der Waals surface area contributed by atoms with Crippen LogP contribution in [0.4, 0.5) is 0 Å². The molecular weight excluding hydrogens is 208 g/mol. The first kappa shape index (κ1) is 10.5. The number of halogens is 1. The molecule has 2 aromatic rings. The van der Waals surface area contributed by atoms with E-state index in [4.69, 9.17) is 11.6 Å². The minimum atomic E-state index is 0.426. The van der Waals surface area contributed by atoms with Gasteiger partial charge in [0.1, 0.15) is 5.82 Å². The molecule has 0 saturated heterocycles. The lowest BCUT2D eigenvalue weighted by Gasteiger charge is -2.12. The van der Waals surface area contributed by atoms with Crippen molar-refractivity contribution in [1.29, 1.82) is 0 Å². The quantitative estimate of drug-likeness (QED) is 0.728. The maximum Gasteiger partial charge on any atom is 0.111 e. The summed E-state index contributed by atoms with van der Waals surface area (Å²) >= 11 is 5.79. The highest BCUT2D eigenvalue weighted by atomic mass is 35.5. The molecule has 0 amide bonds. The van der Waals surface area contributed by atoms with E-state index in [1.165, 1.54) is 5.52 Å². The Labute approximate surface area is 94.9 Å². The summed E-state index contributed by atoms with van der Waals surface area (Å²) in [6.07, 6.45) is 0.828. The third-order valence-electron chi connectivity index (χ3n) is 2.50. The summed E-state index contributed by atoms with van der Waals surface area (Å²) in [4.78, 5) is 4.60. The predicted octanol–water partition coefficient (Wildman–Crippen LogP) is 3.40. The third kappa shape index (κ3) is 1.86. The largest absolute Gasteiger partial charge is 0.325 e. The standard InChI is InChI=1S/C12H15ClN2/c1-9(2)15-11-6-4-3-5-10(11)14-12(15)7-8-13/h3-6,9H,7-8H2,1-2H3. The van der Waals surface area contributed by atoms with Gasteiger partial charge in [-0.2, -0.15) is 0 Å². The highest BCUT2D eigenvalue weighted by molar-refractivity contribution is 6.17. The fraction of sp³-hybridized carbons (Fsp3) is 0.417. The van der Waals surface area contributed by atoms with E-state index in [0.717, 1.165) is 17.8 Å². The van der Waals surface area contributed by atoms with Crippen molar-refractivity contribution in [2.75, 3.05) is 5.88 Å². The van der Waals surface area contributed by atoms with Gasteiger partial charge in [0.2, 0.25) is 0 Å². The van der Waals surface area contributed by atoms with Crippen molar-refractivity contribution in [3.63, 3.8) is 0 Å². The van der Waals surface area contributed by atoms with Gasteiger partial charge in [0, 0.05) is 18.3 Å². The third-order valence-corrected chi connectivity index (χ3v) is 2.69. The Morgan fingerprint density at radius 3 is 2.73 bits per heavy atom. The topological polar surface area (TPSA) is 17.8 Å². The molecule has 0 fully saturated rings. The van der Waals surface area contributed by atoms with Gasteiger partial charge in [-0.15, -0.1) is 11.6 Å². The summed E-state index contributed by atoms with van der Waals surface area (Å²) in [6.45, 7) is 4.34. The fourth-order valence-corrected chi connectivity index (χ4v) is 2.10. The number of hydrogen-bond acceptors (Lipinski definition) is 1. The lowest BCUT2D eigenvalue weighted by atomic mass is 10.3. The summed E-state index contributed by atoms with van der Waals surface area (Å²) in [5.41, 5.74) is 2.26. The second kappa shape index (κ2) is 4.23. The van der Waals surface area contributed by atoms with Crippen LogP contribution in [-0.2, 0) is 6.42 Å². The molecule has 0 N–H and O–H groups in total. The molecule has 0 radical (unpaired) electrons. The first-order valence-corrected chi connectivity index (χ1v) is 5.79. The Hall–Kier alpha value is -1.02. The summed E-state index contributed by atoms with van der Waals surface area (Å²) in [5.74, 6) is 1.71. The van der Waals surface area contributed by atoms with E-state index in [0.29, 0.717) is 11.9 Å². The number of aryl methyl sites for hydroxylation is 1. The second-order valence-corrected chi connectivity index (χ2v) is 4.30. The van der Waals surface area contributed by atoms with E-state index < -0.39 is 0 Å². The van der Waals surface area contributed by atoms with Gasteiger partial charge < -0.3 is 4.57 Å².